The van der Waals surface area contributed by atoms with Gasteiger partial charge in [0, 0.05) is 31.6 Å². The first kappa shape index (κ1) is 15.4. The molecule has 1 heterocycles. The number of aliphatic hydroxyl groups excluding tert-OH is 1. The van der Waals surface area contributed by atoms with Gasteiger partial charge in [-0.3, -0.25) is 4.79 Å². The van der Waals surface area contributed by atoms with E-state index < -0.39 is 6.10 Å². The molecule has 1 aliphatic rings. The average Bonchev–Trinajstić information content (AvgIpc) is 2.83. The highest BCUT2D eigenvalue weighted by molar-refractivity contribution is 6.42. The Morgan fingerprint density at radius 3 is 2.90 bits per heavy atom. The van der Waals surface area contributed by atoms with E-state index in [0.717, 1.165) is 0 Å². The van der Waals surface area contributed by atoms with E-state index in [2.05, 4.69) is 10.6 Å². The van der Waals surface area contributed by atoms with Gasteiger partial charge >= 0.3 is 0 Å². The van der Waals surface area contributed by atoms with Gasteiger partial charge in [-0.1, -0.05) is 23.2 Å². The van der Waals surface area contributed by atoms with Gasteiger partial charge in [-0.15, -0.1) is 0 Å². The monoisotopic (exact) mass is 318 g/mol. The zero-order valence-electron chi connectivity index (χ0n) is 10.7. The van der Waals surface area contributed by atoms with Crippen LogP contribution in [0.5, 0.6) is 5.75 Å². The van der Waals surface area contributed by atoms with E-state index in [4.69, 9.17) is 27.9 Å². The zero-order chi connectivity index (χ0) is 14.5. The van der Waals surface area contributed by atoms with Crippen molar-refractivity contribution in [3.05, 3.63) is 28.2 Å². The van der Waals surface area contributed by atoms with Gasteiger partial charge < -0.3 is 20.5 Å². The molecule has 1 fully saturated rings. The molecule has 2 atom stereocenters. The Labute approximate surface area is 127 Å². The molecule has 7 heteroatoms. The maximum atomic E-state index is 11.0. The second kappa shape index (κ2) is 7.13. The minimum Gasteiger partial charge on any atom is -0.491 e. The van der Waals surface area contributed by atoms with E-state index in [-0.39, 0.29) is 18.6 Å². The summed E-state index contributed by atoms with van der Waals surface area (Å²) in [5.74, 6) is 0.584. The Bertz CT molecular complexity index is 485. The SMILES string of the molecule is O=C1CC(NCC(O)COc2ccc(Cl)c(Cl)c2)CN1. The number of aliphatic hydroxyl groups is 1. The maximum Gasteiger partial charge on any atom is 0.221 e. The van der Waals surface area contributed by atoms with Crippen LogP contribution in [-0.4, -0.2) is 42.9 Å². The van der Waals surface area contributed by atoms with Crippen molar-refractivity contribution in [2.75, 3.05) is 19.7 Å². The number of halogens is 2. The molecular formula is C13H16Cl2N2O3. The van der Waals surface area contributed by atoms with Gasteiger partial charge in [0.15, 0.2) is 0 Å². The topological polar surface area (TPSA) is 70.6 Å². The first-order valence-corrected chi connectivity index (χ1v) is 7.06. The van der Waals surface area contributed by atoms with Crippen molar-refractivity contribution in [2.45, 2.75) is 18.6 Å². The normalized spacial score (nSPS) is 19.8. The fourth-order valence-electron chi connectivity index (χ4n) is 1.87. The van der Waals surface area contributed by atoms with Crippen molar-refractivity contribution in [3.63, 3.8) is 0 Å². The number of hydrogen-bond donors (Lipinski definition) is 3. The largest absolute Gasteiger partial charge is 0.491 e. The summed E-state index contributed by atoms with van der Waals surface area (Å²) < 4.78 is 5.42. The molecule has 20 heavy (non-hydrogen) atoms. The molecule has 1 aliphatic heterocycles. The number of nitrogens with one attached hydrogen (secondary N) is 2. The molecule has 0 spiro atoms. The molecule has 1 aromatic carbocycles. The van der Waals surface area contributed by atoms with Crippen molar-refractivity contribution >= 4 is 29.1 Å². The van der Waals surface area contributed by atoms with Gasteiger partial charge in [0.1, 0.15) is 18.5 Å². The number of hydrogen-bond acceptors (Lipinski definition) is 4. The number of rotatable bonds is 6. The molecular weight excluding hydrogens is 303 g/mol. The first-order valence-electron chi connectivity index (χ1n) is 6.30. The van der Waals surface area contributed by atoms with Crippen molar-refractivity contribution in [2.24, 2.45) is 0 Å². The minimum absolute atomic E-state index is 0.0315. The fraction of sp³-hybridized carbons (Fsp3) is 0.462. The second-order valence-electron chi connectivity index (χ2n) is 4.65. The Balaban J connectivity index is 1.70. The summed E-state index contributed by atoms with van der Waals surface area (Å²) in [5.41, 5.74) is 0. The highest BCUT2D eigenvalue weighted by Crippen LogP contribution is 2.26. The summed E-state index contributed by atoms with van der Waals surface area (Å²) >= 11 is 11.7. The third-order valence-corrected chi connectivity index (χ3v) is 3.69. The molecule has 1 aromatic rings. The van der Waals surface area contributed by atoms with Crippen LogP contribution in [0.3, 0.4) is 0 Å². The quantitative estimate of drug-likeness (QED) is 0.737. The van der Waals surface area contributed by atoms with E-state index in [1.54, 1.807) is 18.2 Å². The predicted octanol–water partition coefficient (Wildman–Crippen LogP) is 1.21. The summed E-state index contributed by atoms with van der Waals surface area (Å²) in [4.78, 5) is 11.0. The lowest BCUT2D eigenvalue weighted by Crippen LogP contribution is -2.39. The molecule has 1 saturated heterocycles. The molecule has 0 bridgehead atoms. The van der Waals surface area contributed by atoms with Gasteiger partial charge in [0.2, 0.25) is 5.91 Å². The van der Waals surface area contributed by atoms with E-state index in [9.17, 15) is 9.90 Å². The predicted molar refractivity (Wildman–Crippen MR) is 77.4 cm³/mol. The van der Waals surface area contributed by atoms with Crippen molar-refractivity contribution in [1.29, 1.82) is 0 Å². The number of ether oxygens (including phenoxy) is 1. The lowest BCUT2D eigenvalue weighted by molar-refractivity contribution is -0.119. The molecule has 3 N–H and O–H groups in total. The number of benzene rings is 1. The molecule has 2 unspecified atom stereocenters. The van der Waals surface area contributed by atoms with Crippen LogP contribution in [0.1, 0.15) is 6.42 Å². The Morgan fingerprint density at radius 1 is 1.45 bits per heavy atom. The first-order chi connectivity index (χ1) is 9.54. The lowest BCUT2D eigenvalue weighted by atomic mass is 10.2. The molecule has 0 radical (unpaired) electrons. The van der Waals surface area contributed by atoms with Crippen LogP contribution in [0, 0.1) is 0 Å². The molecule has 0 aliphatic carbocycles. The van der Waals surface area contributed by atoms with Crippen molar-refractivity contribution in [1.82, 2.24) is 10.6 Å². The van der Waals surface area contributed by atoms with Crippen LogP contribution in [0.4, 0.5) is 0 Å². The smallest absolute Gasteiger partial charge is 0.221 e. The number of amides is 1. The Kier molecular flexibility index (Phi) is 5.48. The summed E-state index contributed by atoms with van der Waals surface area (Å²) in [6, 6.07) is 5.00. The Morgan fingerprint density at radius 2 is 2.25 bits per heavy atom. The molecule has 0 aromatic heterocycles. The molecule has 0 saturated carbocycles. The van der Waals surface area contributed by atoms with Crippen molar-refractivity contribution < 1.29 is 14.6 Å². The average molecular weight is 319 g/mol. The molecule has 110 valence electrons. The maximum absolute atomic E-state index is 11.0. The van der Waals surface area contributed by atoms with Gasteiger partial charge in [0.05, 0.1) is 10.0 Å². The van der Waals surface area contributed by atoms with Gasteiger partial charge in [0.25, 0.3) is 0 Å². The molecule has 5 nitrogen and oxygen atoms in total. The van der Waals surface area contributed by atoms with Crippen molar-refractivity contribution in [3.8, 4) is 5.75 Å². The standard InChI is InChI=1S/C13H16Cl2N2O3/c14-11-2-1-10(4-12(11)15)20-7-9(18)6-16-8-3-13(19)17-5-8/h1-2,4,8-9,16,18H,3,5-7H2,(H,17,19). The van der Waals surface area contributed by atoms with Crippen LogP contribution >= 0.6 is 23.2 Å². The summed E-state index contributed by atoms with van der Waals surface area (Å²) in [6.07, 6.45) is -0.222. The highest BCUT2D eigenvalue weighted by atomic mass is 35.5. The van der Waals surface area contributed by atoms with Crippen LogP contribution in [0.2, 0.25) is 10.0 Å². The second-order valence-corrected chi connectivity index (χ2v) is 5.47. The third kappa shape index (κ3) is 4.52. The van der Waals surface area contributed by atoms with Crippen LogP contribution in [-0.2, 0) is 4.79 Å². The molecule has 2 rings (SSSR count). The van der Waals surface area contributed by atoms with Gasteiger partial charge in [-0.05, 0) is 12.1 Å². The highest BCUT2D eigenvalue weighted by Gasteiger charge is 2.21. The van der Waals surface area contributed by atoms with E-state index in [1.807, 2.05) is 0 Å². The van der Waals surface area contributed by atoms with Gasteiger partial charge in [-0.2, -0.15) is 0 Å². The van der Waals surface area contributed by atoms with Crippen LogP contribution in [0.25, 0.3) is 0 Å². The Hall–Kier alpha value is -1.01. The molecule has 1 amide bonds. The summed E-state index contributed by atoms with van der Waals surface area (Å²) in [5, 5.41) is 16.5. The van der Waals surface area contributed by atoms with E-state index in [0.29, 0.717) is 35.3 Å². The third-order valence-electron chi connectivity index (χ3n) is 2.95. The lowest BCUT2D eigenvalue weighted by Gasteiger charge is -2.16. The van der Waals surface area contributed by atoms with Gasteiger partial charge in [-0.25, -0.2) is 0 Å². The van der Waals surface area contributed by atoms with E-state index >= 15 is 0 Å². The summed E-state index contributed by atoms with van der Waals surface area (Å²) in [7, 11) is 0. The van der Waals surface area contributed by atoms with Crippen LogP contribution in [0.15, 0.2) is 18.2 Å². The fourth-order valence-corrected chi connectivity index (χ4v) is 2.16. The number of carbonyl (C=O) groups is 1. The van der Waals surface area contributed by atoms with Crippen LogP contribution < -0.4 is 15.4 Å². The summed E-state index contributed by atoms with van der Waals surface area (Å²) in [6.45, 7) is 1.10. The zero-order valence-corrected chi connectivity index (χ0v) is 12.2. The number of carbonyl (C=O) groups excluding carboxylic acids is 1. The van der Waals surface area contributed by atoms with E-state index in [1.165, 1.54) is 0 Å². The minimum atomic E-state index is -0.667.